The van der Waals surface area contributed by atoms with Crippen molar-refractivity contribution in [3.8, 4) is 23.0 Å². The average Bonchev–Trinajstić information content (AvgIpc) is 0.834. The fourth-order valence-electron chi connectivity index (χ4n) is 11.3. The lowest BCUT2D eigenvalue weighted by Gasteiger charge is -2.17. The van der Waals surface area contributed by atoms with E-state index in [0.29, 0.717) is 19.8 Å². The summed E-state index contributed by atoms with van der Waals surface area (Å²) in [5.74, 6) is 16.9. The van der Waals surface area contributed by atoms with E-state index in [1.165, 1.54) is 0 Å². The molecule has 0 amide bonds. The standard InChI is InChI=1S/C90H90N4O4/c1-16-79(17-2)91-58-83(71-36-25-21-26-37-71)75-50-63(8)87(64(9)51-75)95-47-33-44-80(18-3)92-59-84(72-38-27-22-28-39-72)76-52-65(10)88(66(11)53-76)96-48-34-45-81(19-4)93-60-85(73-40-29-23-30-41-73)77-54-67(12)89(68(13)55-77)97-49-35-46-82(20-5)94-61-86(74-42-31-24-32-43-74)78-56-69(14)90(70(15)57-78)98-62(6)7/h16-46,50-57,62H,1,47-49H2,2-15H3/b44-33+,45-34+,46-35+,79-17+,80-18+,81-19+,82-20+. The molecule has 8 aromatic rings. The highest BCUT2D eigenvalue weighted by atomic mass is 16.5. The normalized spacial score (nSPS) is 11.8. The van der Waals surface area contributed by atoms with Crippen molar-refractivity contribution in [2.24, 2.45) is 20.0 Å². The van der Waals surface area contributed by atoms with Crippen LogP contribution in [0.5, 0.6) is 23.0 Å². The zero-order valence-corrected chi connectivity index (χ0v) is 59.3. The van der Waals surface area contributed by atoms with Crippen LogP contribution in [0.3, 0.4) is 0 Å². The molecular formula is C90H90N4O4. The predicted octanol–water partition coefficient (Wildman–Crippen LogP) is 22.1. The first kappa shape index (κ1) is 72.5. The van der Waals surface area contributed by atoms with Crippen LogP contribution in [-0.2, 0) is 0 Å². The Morgan fingerprint density at radius 2 is 0.561 bits per heavy atom. The summed E-state index contributed by atoms with van der Waals surface area (Å²) in [5, 5.41) is 0. The first-order valence-corrected chi connectivity index (χ1v) is 33.4. The first-order chi connectivity index (χ1) is 47.5. The van der Waals surface area contributed by atoms with Gasteiger partial charge in [0.05, 0.1) is 51.2 Å². The minimum atomic E-state index is 0.0804. The van der Waals surface area contributed by atoms with Gasteiger partial charge in [0.1, 0.15) is 42.8 Å². The van der Waals surface area contributed by atoms with Crippen molar-refractivity contribution >= 4 is 45.8 Å². The fourth-order valence-corrected chi connectivity index (χ4v) is 11.3. The summed E-state index contributed by atoms with van der Waals surface area (Å²) in [6.07, 6.45) is 21.5. The van der Waals surface area contributed by atoms with Crippen LogP contribution in [0.1, 0.15) is 131 Å². The molecule has 0 heterocycles. The molecule has 0 fully saturated rings. The van der Waals surface area contributed by atoms with Gasteiger partial charge in [-0.3, -0.25) is 0 Å². The van der Waals surface area contributed by atoms with Crippen molar-refractivity contribution in [2.45, 2.75) is 103 Å². The van der Waals surface area contributed by atoms with Gasteiger partial charge < -0.3 is 18.9 Å². The van der Waals surface area contributed by atoms with Crippen molar-refractivity contribution < 1.29 is 18.9 Å². The molecule has 0 saturated heterocycles. The molecule has 0 unspecified atom stereocenters. The molecule has 0 atom stereocenters. The van der Waals surface area contributed by atoms with E-state index in [9.17, 15) is 0 Å². The van der Waals surface area contributed by atoms with Gasteiger partial charge in [-0.15, -0.1) is 0 Å². The van der Waals surface area contributed by atoms with Crippen molar-refractivity contribution in [1.82, 2.24) is 0 Å². The van der Waals surface area contributed by atoms with E-state index in [2.05, 4.69) is 188 Å². The van der Waals surface area contributed by atoms with E-state index in [4.69, 9.17) is 33.9 Å². The number of aliphatic imine (C=N–C) groups is 4. The van der Waals surface area contributed by atoms with Gasteiger partial charge >= 0.3 is 0 Å². The molecule has 0 spiro atoms. The van der Waals surface area contributed by atoms with Crippen LogP contribution in [0.4, 0.5) is 0 Å². The van der Waals surface area contributed by atoms with Crippen LogP contribution in [0.15, 0.2) is 286 Å². The molecule has 494 valence electrons. The van der Waals surface area contributed by atoms with Gasteiger partial charge in [-0.05, 0) is 300 Å². The molecule has 8 aromatic carbocycles. The van der Waals surface area contributed by atoms with E-state index in [1.807, 2.05) is 175 Å². The van der Waals surface area contributed by atoms with Crippen molar-refractivity contribution in [3.63, 3.8) is 0 Å². The Balaban J connectivity index is 0.938. The Morgan fingerprint density at radius 3 is 0.776 bits per heavy atom. The van der Waals surface area contributed by atoms with Crippen LogP contribution in [0.25, 0.3) is 22.3 Å². The first-order valence-electron chi connectivity index (χ1n) is 33.4. The number of rotatable bonds is 27. The number of aryl methyl sites for hydroxylation is 8. The molecule has 8 nitrogen and oxygen atoms in total. The molecule has 0 aliphatic carbocycles. The summed E-state index contributed by atoms with van der Waals surface area (Å²) in [4.78, 5) is 19.2. The third kappa shape index (κ3) is 20.1. The Morgan fingerprint density at radius 1 is 0.337 bits per heavy atom. The van der Waals surface area contributed by atoms with Crippen molar-refractivity contribution in [2.75, 3.05) is 19.8 Å². The number of hydrogen-bond donors (Lipinski definition) is 0. The van der Waals surface area contributed by atoms with Gasteiger partial charge in [0.2, 0.25) is 0 Å². The molecule has 0 aromatic heterocycles. The summed E-state index contributed by atoms with van der Waals surface area (Å²) in [6, 6.07) is 58.0. The highest BCUT2D eigenvalue weighted by molar-refractivity contribution is 6.02. The third-order valence-electron chi connectivity index (χ3n) is 16.0. The summed E-state index contributed by atoms with van der Waals surface area (Å²) in [5.41, 5.74) is 22.8. The molecular weight excluding hydrogens is 1200 g/mol. The summed E-state index contributed by atoms with van der Waals surface area (Å²) in [6.45, 7) is 33.5. The molecule has 0 N–H and O–H groups in total. The molecule has 98 heavy (non-hydrogen) atoms. The lowest BCUT2D eigenvalue weighted by molar-refractivity contribution is 0.239. The summed E-state index contributed by atoms with van der Waals surface area (Å²) >= 11 is 0. The van der Waals surface area contributed by atoms with Gasteiger partial charge in [-0.1, -0.05) is 152 Å². The maximum absolute atomic E-state index is 6.49. The molecule has 0 bridgehead atoms. The maximum Gasteiger partial charge on any atom is 0.125 e. The Kier molecular flexibility index (Phi) is 27.0. The van der Waals surface area contributed by atoms with E-state index >= 15 is 0 Å². The fraction of sp³-hybridized carbons (Fsp3) is 0.200. The second-order valence-corrected chi connectivity index (χ2v) is 24.0. The summed E-state index contributed by atoms with van der Waals surface area (Å²) < 4.78 is 25.5. The number of ether oxygens (including phenoxy) is 4. The second kappa shape index (κ2) is 36.5. The Hall–Kier alpha value is -11.3. The number of benzene rings is 8. The third-order valence-corrected chi connectivity index (χ3v) is 16.0. The van der Waals surface area contributed by atoms with Crippen molar-refractivity contribution in [1.29, 1.82) is 0 Å². The van der Waals surface area contributed by atoms with Gasteiger partial charge in [0.25, 0.3) is 0 Å². The van der Waals surface area contributed by atoms with Gasteiger partial charge in [-0.2, -0.15) is 0 Å². The monoisotopic (exact) mass is 1290 g/mol. The zero-order valence-electron chi connectivity index (χ0n) is 59.3. The highest BCUT2D eigenvalue weighted by Gasteiger charge is 2.17. The van der Waals surface area contributed by atoms with E-state index in [-0.39, 0.29) is 6.10 Å². The van der Waals surface area contributed by atoms with Gasteiger partial charge in [0, 0.05) is 0 Å². The van der Waals surface area contributed by atoms with E-state index < -0.39 is 0 Å². The SMILES string of the molecule is C=C/C(=C\C)N=C=C(c1ccccc1)c1cc(C)c(OC/C=C/C(=C\C)N=C=C(c2ccccc2)c2cc(C)c(OC/C=C/C(=C\C)N=C=C(c3ccccc3)c3cc(C)c(OC/C=C/C(=C\C)N=C=C(c4ccccc4)c4cc(C)c(OC(C)C)c(C)c4)c(C)c3)c(C)c2)c(C)c1. The largest absolute Gasteiger partial charge is 0.490 e. The molecule has 8 rings (SSSR count). The Bertz CT molecular complexity index is 4560. The number of allylic oxidation sites excluding steroid dienone is 8. The molecule has 0 radical (unpaired) electrons. The lowest BCUT2D eigenvalue weighted by atomic mass is 9.95. The molecule has 0 aliphatic heterocycles. The Labute approximate surface area is 582 Å². The van der Waals surface area contributed by atoms with E-state index in [1.54, 1.807) is 6.08 Å². The molecule has 0 saturated carbocycles. The minimum Gasteiger partial charge on any atom is -0.490 e. The zero-order chi connectivity index (χ0) is 69.9. The lowest BCUT2D eigenvalue weighted by Crippen LogP contribution is -2.08. The highest BCUT2D eigenvalue weighted by Crippen LogP contribution is 2.35. The minimum absolute atomic E-state index is 0.0804. The number of hydrogen-bond acceptors (Lipinski definition) is 8. The van der Waals surface area contributed by atoms with Crippen LogP contribution in [0.2, 0.25) is 0 Å². The predicted molar refractivity (Wildman–Crippen MR) is 414 cm³/mol. The smallest absolute Gasteiger partial charge is 0.125 e. The topological polar surface area (TPSA) is 86.4 Å². The van der Waals surface area contributed by atoms with Crippen LogP contribution in [-0.4, -0.2) is 49.4 Å². The average molecular weight is 1290 g/mol. The summed E-state index contributed by atoms with van der Waals surface area (Å²) in [7, 11) is 0. The van der Waals surface area contributed by atoms with Crippen molar-refractivity contribution in [3.05, 3.63) is 355 Å². The number of nitrogens with zero attached hydrogens (tertiary/aromatic N) is 4. The van der Waals surface area contributed by atoms with Gasteiger partial charge in [0.15, 0.2) is 0 Å². The second-order valence-electron chi connectivity index (χ2n) is 24.0. The van der Waals surface area contributed by atoms with Gasteiger partial charge in [-0.25, -0.2) is 20.0 Å². The quantitative estimate of drug-likeness (QED) is 0.0379. The molecule has 0 aliphatic rings. The maximum atomic E-state index is 6.49. The van der Waals surface area contributed by atoms with Crippen LogP contribution >= 0.6 is 0 Å². The van der Waals surface area contributed by atoms with Crippen LogP contribution in [0, 0.1) is 55.4 Å². The van der Waals surface area contributed by atoms with Crippen LogP contribution < -0.4 is 18.9 Å². The van der Waals surface area contributed by atoms with E-state index in [0.717, 1.165) is 157 Å². The molecule has 8 heteroatoms.